The monoisotopic (exact) mass is 298 g/mol. The minimum absolute atomic E-state index is 0.0577. The van der Waals surface area contributed by atoms with Gasteiger partial charge in [-0.2, -0.15) is 13.2 Å². The van der Waals surface area contributed by atoms with E-state index < -0.39 is 12.1 Å². The first-order valence-electron chi connectivity index (χ1n) is 6.01. The Morgan fingerprint density at radius 2 is 2.05 bits per heavy atom. The lowest BCUT2D eigenvalue weighted by Gasteiger charge is -2.06. The molecule has 2 aromatic rings. The maximum Gasteiger partial charge on any atom is 0.491 e. The quantitative estimate of drug-likeness (QED) is 0.863. The lowest BCUT2D eigenvalue weighted by molar-refractivity contribution is -0.189. The summed E-state index contributed by atoms with van der Waals surface area (Å²) in [7, 11) is 0. The number of alkyl halides is 3. The van der Waals surface area contributed by atoms with Gasteiger partial charge in [-0.05, 0) is 17.2 Å². The van der Waals surface area contributed by atoms with Gasteiger partial charge in [0.25, 0.3) is 0 Å². The normalized spacial score (nSPS) is 14.0. The number of carbonyl (C=O) groups excluding carboxylic acids is 1. The minimum atomic E-state index is -5.07. The Morgan fingerprint density at radius 3 is 2.81 bits per heavy atom. The number of fused-ring (bicyclic) bond motifs is 1. The lowest BCUT2D eigenvalue weighted by Crippen LogP contribution is -2.28. The number of benzene rings is 1. The number of carbonyl (C=O) groups is 1. The number of nitrogens with one attached hydrogen (secondary N) is 1. The first-order chi connectivity index (χ1) is 9.95. The molecule has 110 valence electrons. The van der Waals surface area contributed by atoms with Crippen LogP contribution in [0.5, 0.6) is 5.75 Å². The fraction of sp³-hybridized carbons (Fsp3) is 0.231. The highest BCUT2D eigenvalue weighted by molar-refractivity contribution is 5.80. The van der Waals surface area contributed by atoms with Gasteiger partial charge >= 0.3 is 12.1 Å². The van der Waals surface area contributed by atoms with E-state index >= 15 is 0 Å². The summed E-state index contributed by atoms with van der Waals surface area (Å²) < 4.78 is 45.6. The number of nitrogens with zero attached hydrogens (tertiary/aromatic N) is 1. The second-order valence-corrected chi connectivity index (χ2v) is 4.50. The van der Waals surface area contributed by atoms with Crippen molar-refractivity contribution in [3.05, 3.63) is 35.6 Å². The number of hydrogen-bond acceptors (Lipinski definition) is 5. The highest BCUT2D eigenvalue weighted by Gasteiger charge is 2.42. The molecule has 1 aromatic carbocycles. The molecular formula is C13H9F3N2O3. The van der Waals surface area contributed by atoms with Crippen LogP contribution in [0, 0.1) is 0 Å². The van der Waals surface area contributed by atoms with Crippen LogP contribution in [0.1, 0.15) is 11.1 Å². The van der Waals surface area contributed by atoms with E-state index in [1.54, 1.807) is 12.1 Å². The number of hydrogen-bond donors (Lipinski definition) is 1. The molecule has 0 fully saturated rings. The molecule has 0 saturated heterocycles. The third-order valence-corrected chi connectivity index (χ3v) is 3.08. The van der Waals surface area contributed by atoms with Crippen molar-refractivity contribution in [1.82, 2.24) is 10.5 Å². The van der Waals surface area contributed by atoms with Crippen LogP contribution in [-0.4, -0.2) is 17.3 Å². The SMILES string of the molecule is O=C(Oc1conc1-c1ccc2c(c1)CNC2)C(F)(F)F. The van der Waals surface area contributed by atoms with Gasteiger partial charge in [0.15, 0.2) is 17.7 Å². The van der Waals surface area contributed by atoms with Crippen LogP contribution in [0.4, 0.5) is 13.2 Å². The first kappa shape index (κ1) is 13.6. The summed E-state index contributed by atoms with van der Waals surface area (Å²) in [4.78, 5) is 10.9. The van der Waals surface area contributed by atoms with E-state index in [9.17, 15) is 18.0 Å². The molecule has 0 radical (unpaired) electrons. The zero-order chi connectivity index (χ0) is 15.0. The summed E-state index contributed by atoms with van der Waals surface area (Å²) in [5.74, 6) is -2.67. The van der Waals surface area contributed by atoms with Crippen LogP contribution < -0.4 is 10.1 Å². The van der Waals surface area contributed by atoms with Crippen molar-refractivity contribution in [1.29, 1.82) is 0 Å². The van der Waals surface area contributed by atoms with E-state index in [2.05, 4.69) is 19.7 Å². The number of rotatable bonds is 2. The Kier molecular flexibility index (Phi) is 3.17. The molecule has 0 saturated carbocycles. The number of aromatic nitrogens is 1. The Labute approximate surface area is 116 Å². The van der Waals surface area contributed by atoms with E-state index in [-0.39, 0.29) is 11.4 Å². The Bertz CT molecular complexity index is 694. The molecule has 21 heavy (non-hydrogen) atoms. The first-order valence-corrected chi connectivity index (χ1v) is 6.01. The zero-order valence-electron chi connectivity index (χ0n) is 10.5. The van der Waals surface area contributed by atoms with Crippen LogP contribution in [0.15, 0.2) is 29.0 Å². The third kappa shape index (κ3) is 2.62. The van der Waals surface area contributed by atoms with Crippen molar-refractivity contribution in [2.45, 2.75) is 19.3 Å². The minimum Gasteiger partial charge on any atom is -0.414 e. The molecule has 1 aromatic heterocycles. The molecule has 0 spiro atoms. The molecule has 8 heteroatoms. The van der Waals surface area contributed by atoms with Gasteiger partial charge in [-0.25, -0.2) is 4.79 Å². The average Bonchev–Trinajstić information content (AvgIpc) is 3.04. The predicted octanol–water partition coefficient (Wildman–Crippen LogP) is 2.41. The second-order valence-electron chi connectivity index (χ2n) is 4.50. The Morgan fingerprint density at radius 1 is 1.29 bits per heavy atom. The molecule has 3 rings (SSSR count). The van der Waals surface area contributed by atoms with Crippen LogP contribution in [0.2, 0.25) is 0 Å². The molecule has 1 aliphatic heterocycles. The maximum absolute atomic E-state index is 12.2. The molecule has 5 nitrogen and oxygen atoms in total. The van der Waals surface area contributed by atoms with Gasteiger partial charge in [-0.3, -0.25) is 0 Å². The predicted molar refractivity (Wildman–Crippen MR) is 64.2 cm³/mol. The van der Waals surface area contributed by atoms with Crippen molar-refractivity contribution in [2.75, 3.05) is 0 Å². The molecular weight excluding hydrogens is 289 g/mol. The second kappa shape index (κ2) is 4.88. The van der Waals surface area contributed by atoms with Crippen LogP contribution in [0.25, 0.3) is 11.3 Å². The van der Waals surface area contributed by atoms with Crippen molar-refractivity contribution in [3.63, 3.8) is 0 Å². The molecule has 1 N–H and O–H groups in total. The van der Waals surface area contributed by atoms with E-state index in [0.717, 1.165) is 23.9 Å². The van der Waals surface area contributed by atoms with Gasteiger partial charge in [0, 0.05) is 18.7 Å². The topological polar surface area (TPSA) is 64.4 Å². The van der Waals surface area contributed by atoms with Crippen molar-refractivity contribution in [3.8, 4) is 17.0 Å². The van der Waals surface area contributed by atoms with Crippen LogP contribution in [-0.2, 0) is 17.9 Å². The van der Waals surface area contributed by atoms with Gasteiger partial charge in [0.05, 0.1) is 0 Å². The van der Waals surface area contributed by atoms with Gasteiger partial charge in [0.1, 0.15) is 0 Å². The lowest BCUT2D eigenvalue weighted by atomic mass is 10.0. The van der Waals surface area contributed by atoms with Crippen molar-refractivity contribution in [2.24, 2.45) is 0 Å². The summed E-state index contributed by atoms with van der Waals surface area (Å²) >= 11 is 0. The van der Waals surface area contributed by atoms with Crippen molar-refractivity contribution >= 4 is 5.97 Å². The molecule has 0 unspecified atom stereocenters. The molecule has 0 amide bonds. The number of esters is 1. The van der Waals surface area contributed by atoms with Gasteiger partial charge < -0.3 is 14.6 Å². The highest BCUT2D eigenvalue weighted by Crippen LogP contribution is 2.32. The zero-order valence-corrected chi connectivity index (χ0v) is 10.5. The molecule has 0 bridgehead atoms. The fourth-order valence-electron chi connectivity index (χ4n) is 2.09. The highest BCUT2D eigenvalue weighted by atomic mass is 19.4. The molecule has 0 atom stereocenters. The van der Waals surface area contributed by atoms with Gasteiger partial charge in [0.2, 0.25) is 0 Å². The van der Waals surface area contributed by atoms with E-state index in [1.807, 2.05) is 6.07 Å². The maximum atomic E-state index is 12.2. The summed E-state index contributed by atoms with van der Waals surface area (Å²) in [5.41, 5.74) is 2.71. The third-order valence-electron chi connectivity index (χ3n) is 3.08. The standard InChI is InChI=1S/C13H9F3N2O3/c14-13(15,16)12(19)21-10-6-20-18-11(10)7-1-2-8-4-17-5-9(8)3-7/h1-3,6,17H,4-5H2. The summed E-state index contributed by atoms with van der Waals surface area (Å²) in [6.07, 6.45) is -4.21. The summed E-state index contributed by atoms with van der Waals surface area (Å²) in [6.45, 7) is 1.41. The smallest absolute Gasteiger partial charge is 0.414 e. The van der Waals surface area contributed by atoms with Crippen LogP contribution in [0.3, 0.4) is 0 Å². The van der Waals surface area contributed by atoms with Crippen molar-refractivity contribution < 1.29 is 27.2 Å². The molecule has 1 aliphatic rings. The molecule has 0 aliphatic carbocycles. The van der Waals surface area contributed by atoms with Gasteiger partial charge in [-0.15, -0.1) is 0 Å². The molecule has 2 heterocycles. The number of ether oxygens (including phenoxy) is 1. The summed E-state index contributed by atoms with van der Waals surface area (Å²) in [5, 5.41) is 6.76. The van der Waals surface area contributed by atoms with E-state index in [0.29, 0.717) is 12.1 Å². The Hall–Kier alpha value is -2.35. The number of halogens is 3. The average molecular weight is 298 g/mol. The van der Waals surface area contributed by atoms with Crippen LogP contribution >= 0.6 is 0 Å². The van der Waals surface area contributed by atoms with E-state index in [1.165, 1.54) is 0 Å². The Balaban J connectivity index is 1.91. The van der Waals surface area contributed by atoms with Gasteiger partial charge in [-0.1, -0.05) is 17.3 Å². The van der Waals surface area contributed by atoms with E-state index in [4.69, 9.17) is 0 Å². The summed E-state index contributed by atoms with van der Waals surface area (Å²) in [6, 6.07) is 5.31. The fourth-order valence-corrected chi connectivity index (χ4v) is 2.09. The largest absolute Gasteiger partial charge is 0.491 e.